The van der Waals surface area contributed by atoms with Gasteiger partial charge in [0.25, 0.3) is 5.91 Å². The van der Waals surface area contributed by atoms with E-state index in [1.165, 1.54) is 18.2 Å². The smallest absolute Gasteiger partial charge is 0.251 e. The lowest BCUT2D eigenvalue weighted by molar-refractivity contribution is 0.0950. The molecule has 0 aliphatic heterocycles. The number of carbonyl (C=O) groups is 1. The van der Waals surface area contributed by atoms with Crippen molar-refractivity contribution in [2.75, 3.05) is 12.8 Å². The van der Waals surface area contributed by atoms with E-state index in [-0.39, 0.29) is 15.5 Å². The summed E-state index contributed by atoms with van der Waals surface area (Å²) < 4.78 is 13.0. The summed E-state index contributed by atoms with van der Waals surface area (Å²) in [6, 6.07) is 4.13. The van der Waals surface area contributed by atoms with E-state index < -0.39 is 5.82 Å². The lowest BCUT2D eigenvalue weighted by Crippen LogP contribution is -2.36. The summed E-state index contributed by atoms with van der Waals surface area (Å²) in [5.74, 6) is -0.628. The number of nitrogens with one attached hydrogen (secondary N) is 1. The maximum Gasteiger partial charge on any atom is 0.251 e. The van der Waals surface area contributed by atoms with Gasteiger partial charge in [-0.15, -0.1) is 12.6 Å². The first kappa shape index (κ1) is 14.4. The molecule has 1 N–H and O–H groups in total. The molecule has 0 atom stereocenters. The fourth-order valence-electron chi connectivity index (χ4n) is 1.12. The van der Waals surface area contributed by atoms with Crippen LogP contribution < -0.4 is 5.32 Å². The first-order valence-electron chi connectivity index (χ1n) is 5.17. The molecule has 0 saturated carbocycles. The van der Waals surface area contributed by atoms with Gasteiger partial charge in [-0.3, -0.25) is 4.79 Å². The number of benzene rings is 1. The lowest BCUT2D eigenvalue weighted by atomic mass is 10.1. The Labute approximate surface area is 111 Å². The second kappa shape index (κ2) is 5.78. The predicted molar refractivity (Wildman–Crippen MR) is 73.6 cm³/mol. The van der Waals surface area contributed by atoms with Crippen LogP contribution in [0.25, 0.3) is 0 Å². The number of rotatable bonds is 4. The van der Waals surface area contributed by atoms with Crippen molar-refractivity contribution in [3.63, 3.8) is 0 Å². The van der Waals surface area contributed by atoms with Crippen LogP contribution >= 0.6 is 24.4 Å². The van der Waals surface area contributed by atoms with E-state index in [1.54, 1.807) is 11.8 Å². The van der Waals surface area contributed by atoms with E-state index in [0.717, 1.165) is 0 Å². The third-order valence-corrected chi connectivity index (χ3v) is 4.03. The van der Waals surface area contributed by atoms with Gasteiger partial charge in [-0.1, -0.05) is 0 Å². The Bertz CT molecular complexity index is 421. The minimum Gasteiger partial charge on any atom is -0.351 e. The minimum atomic E-state index is -0.422. The second-order valence-electron chi connectivity index (χ2n) is 4.31. The van der Waals surface area contributed by atoms with Crippen LogP contribution in [-0.2, 0) is 0 Å². The number of carbonyl (C=O) groups excluding carboxylic acids is 1. The SMILES string of the molecule is CSC(C)(C)CNC(=O)c1ccc(F)c(S)c1. The van der Waals surface area contributed by atoms with E-state index in [4.69, 9.17) is 0 Å². The maximum atomic E-state index is 13.0. The standard InChI is InChI=1S/C12H16FNOS2/c1-12(2,17-3)7-14-11(15)8-4-5-9(13)10(16)6-8/h4-6,16H,7H2,1-3H3,(H,14,15). The van der Waals surface area contributed by atoms with Crippen molar-refractivity contribution in [2.45, 2.75) is 23.5 Å². The Morgan fingerprint density at radius 1 is 1.53 bits per heavy atom. The molecule has 1 aromatic carbocycles. The molecular weight excluding hydrogens is 257 g/mol. The number of thiol groups is 1. The molecule has 1 rings (SSSR count). The summed E-state index contributed by atoms with van der Waals surface area (Å²) >= 11 is 5.63. The third kappa shape index (κ3) is 4.24. The summed E-state index contributed by atoms with van der Waals surface area (Å²) in [5, 5.41) is 2.82. The van der Waals surface area contributed by atoms with Crippen molar-refractivity contribution < 1.29 is 9.18 Å². The molecule has 0 aliphatic rings. The van der Waals surface area contributed by atoms with Crippen molar-refractivity contribution in [3.05, 3.63) is 29.6 Å². The molecule has 1 amide bonds. The van der Waals surface area contributed by atoms with E-state index in [1.807, 2.05) is 20.1 Å². The molecule has 0 aromatic heterocycles. The molecule has 94 valence electrons. The van der Waals surface area contributed by atoms with Crippen molar-refractivity contribution >= 4 is 30.3 Å². The molecule has 0 fully saturated rings. The van der Waals surface area contributed by atoms with Gasteiger partial charge < -0.3 is 5.32 Å². The fraction of sp³-hybridized carbons (Fsp3) is 0.417. The first-order chi connectivity index (χ1) is 7.85. The maximum absolute atomic E-state index is 13.0. The third-order valence-electron chi connectivity index (χ3n) is 2.44. The van der Waals surface area contributed by atoms with Crippen LogP contribution in [0.3, 0.4) is 0 Å². The summed E-state index contributed by atoms with van der Waals surface area (Å²) in [4.78, 5) is 12.0. The Morgan fingerprint density at radius 3 is 2.71 bits per heavy atom. The van der Waals surface area contributed by atoms with Crippen molar-refractivity contribution in [1.29, 1.82) is 0 Å². The Hall–Kier alpha value is -0.680. The largest absolute Gasteiger partial charge is 0.351 e. The molecule has 0 bridgehead atoms. The monoisotopic (exact) mass is 273 g/mol. The zero-order valence-electron chi connectivity index (χ0n) is 10.1. The Kier molecular flexibility index (Phi) is 4.89. The number of thioether (sulfide) groups is 1. The molecule has 5 heteroatoms. The fourth-order valence-corrected chi connectivity index (χ4v) is 1.55. The molecule has 0 unspecified atom stereocenters. The molecule has 0 radical (unpaired) electrons. The Balaban J connectivity index is 2.68. The van der Waals surface area contributed by atoms with Gasteiger partial charge in [0.2, 0.25) is 0 Å². The summed E-state index contributed by atoms with van der Waals surface area (Å²) in [6.45, 7) is 4.66. The number of hydrogen-bond acceptors (Lipinski definition) is 3. The van der Waals surface area contributed by atoms with Crippen molar-refractivity contribution in [2.24, 2.45) is 0 Å². The number of amides is 1. The van der Waals surface area contributed by atoms with Gasteiger partial charge in [0.1, 0.15) is 5.82 Å². The topological polar surface area (TPSA) is 29.1 Å². The van der Waals surface area contributed by atoms with Crippen molar-refractivity contribution in [3.8, 4) is 0 Å². The normalized spacial score (nSPS) is 11.4. The molecule has 2 nitrogen and oxygen atoms in total. The van der Waals surface area contributed by atoms with Crippen LogP contribution in [0.4, 0.5) is 4.39 Å². The quantitative estimate of drug-likeness (QED) is 0.826. The highest BCUT2D eigenvalue weighted by atomic mass is 32.2. The predicted octanol–water partition coefficient (Wildman–Crippen LogP) is 2.99. The highest BCUT2D eigenvalue weighted by molar-refractivity contribution is 7.99. The number of hydrogen-bond donors (Lipinski definition) is 2. The van der Waals surface area contributed by atoms with Crippen LogP contribution in [0.5, 0.6) is 0 Å². The first-order valence-corrected chi connectivity index (χ1v) is 6.85. The summed E-state index contributed by atoms with van der Waals surface area (Å²) in [7, 11) is 0. The van der Waals surface area contributed by atoms with Crippen molar-refractivity contribution in [1.82, 2.24) is 5.32 Å². The van der Waals surface area contributed by atoms with Crippen LogP contribution in [0.1, 0.15) is 24.2 Å². The highest BCUT2D eigenvalue weighted by Crippen LogP contribution is 2.20. The van der Waals surface area contributed by atoms with Crippen LogP contribution in [0.15, 0.2) is 23.1 Å². The van der Waals surface area contributed by atoms with Gasteiger partial charge >= 0.3 is 0 Å². The second-order valence-corrected chi connectivity index (χ2v) is 6.31. The van der Waals surface area contributed by atoms with Gasteiger partial charge in [0, 0.05) is 21.8 Å². The van der Waals surface area contributed by atoms with E-state index in [0.29, 0.717) is 12.1 Å². The van der Waals surface area contributed by atoms with Gasteiger partial charge in [-0.2, -0.15) is 11.8 Å². The molecule has 1 aromatic rings. The van der Waals surface area contributed by atoms with E-state index >= 15 is 0 Å². The number of halogens is 1. The van der Waals surface area contributed by atoms with Gasteiger partial charge in [-0.05, 0) is 38.3 Å². The molecular formula is C12H16FNOS2. The van der Waals surface area contributed by atoms with Gasteiger partial charge in [0.15, 0.2) is 0 Å². The van der Waals surface area contributed by atoms with E-state index in [2.05, 4.69) is 17.9 Å². The van der Waals surface area contributed by atoms with E-state index in [9.17, 15) is 9.18 Å². The summed E-state index contributed by atoms with van der Waals surface area (Å²) in [5.41, 5.74) is 0.424. The van der Waals surface area contributed by atoms with Gasteiger partial charge in [-0.25, -0.2) is 4.39 Å². The zero-order chi connectivity index (χ0) is 13.1. The van der Waals surface area contributed by atoms with Crippen LogP contribution in [0, 0.1) is 5.82 Å². The molecule has 0 spiro atoms. The molecule has 17 heavy (non-hydrogen) atoms. The Morgan fingerprint density at radius 2 is 2.18 bits per heavy atom. The highest BCUT2D eigenvalue weighted by Gasteiger charge is 2.17. The minimum absolute atomic E-state index is 0.0144. The molecule has 0 saturated heterocycles. The summed E-state index contributed by atoms with van der Waals surface area (Å²) in [6.07, 6.45) is 2.00. The lowest BCUT2D eigenvalue weighted by Gasteiger charge is -2.22. The average molecular weight is 273 g/mol. The van der Waals surface area contributed by atoms with Gasteiger partial charge in [0.05, 0.1) is 0 Å². The zero-order valence-corrected chi connectivity index (χ0v) is 11.8. The van der Waals surface area contributed by atoms with Crippen LogP contribution in [0.2, 0.25) is 0 Å². The average Bonchev–Trinajstić information content (AvgIpc) is 2.30. The molecule has 0 aliphatic carbocycles. The van der Waals surface area contributed by atoms with Crippen LogP contribution in [-0.4, -0.2) is 23.5 Å². The molecule has 0 heterocycles.